The molecule has 2 aromatic rings. The Morgan fingerprint density at radius 1 is 1.06 bits per heavy atom. The lowest BCUT2D eigenvalue weighted by Gasteiger charge is -2.48. The SMILES string of the molecule is CC(C)(C)[Si](c1ccccc1)(c1ccccc1)N(/C=C/[C@]1(C)CCCN1C(=O)O)[SH](=O)=O. The molecule has 1 saturated heterocycles. The zero-order valence-electron chi connectivity index (χ0n) is 19.1. The summed E-state index contributed by atoms with van der Waals surface area (Å²) in [6, 6.07) is 19.6. The highest BCUT2D eigenvalue weighted by atomic mass is 32.2. The zero-order chi connectivity index (χ0) is 23.6. The number of carbonyl (C=O) groups is 1. The van der Waals surface area contributed by atoms with Crippen LogP contribution in [0.3, 0.4) is 0 Å². The van der Waals surface area contributed by atoms with Crippen LogP contribution in [0.2, 0.25) is 5.04 Å². The number of amides is 1. The summed E-state index contributed by atoms with van der Waals surface area (Å²) in [5.74, 6) is 0. The summed E-state index contributed by atoms with van der Waals surface area (Å²) >= 11 is 0. The number of rotatable bonds is 6. The minimum atomic E-state index is -3.11. The molecular weight excluding hydrogens is 440 g/mol. The van der Waals surface area contributed by atoms with Gasteiger partial charge in [0, 0.05) is 12.7 Å². The van der Waals surface area contributed by atoms with E-state index in [1.165, 1.54) is 8.87 Å². The quantitative estimate of drug-likeness (QED) is 0.499. The van der Waals surface area contributed by atoms with Gasteiger partial charge in [-0.1, -0.05) is 81.4 Å². The van der Waals surface area contributed by atoms with Crippen molar-refractivity contribution in [1.29, 1.82) is 0 Å². The van der Waals surface area contributed by atoms with Gasteiger partial charge in [0.05, 0.1) is 5.54 Å². The summed E-state index contributed by atoms with van der Waals surface area (Å²) in [6.07, 6.45) is 3.80. The van der Waals surface area contributed by atoms with Gasteiger partial charge in [-0.3, -0.25) is 8.87 Å². The van der Waals surface area contributed by atoms with Crippen LogP contribution < -0.4 is 10.4 Å². The molecule has 0 radical (unpaired) electrons. The second-order valence-electron chi connectivity index (χ2n) is 9.49. The molecule has 0 aromatic heterocycles. The number of hydrogen-bond acceptors (Lipinski definition) is 3. The molecule has 1 N–H and O–H groups in total. The van der Waals surface area contributed by atoms with E-state index in [1.807, 2.05) is 67.6 Å². The Morgan fingerprint density at radius 2 is 1.56 bits per heavy atom. The lowest BCUT2D eigenvalue weighted by Crippen LogP contribution is -2.73. The molecule has 0 unspecified atom stereocenters. The first-order valence-corrected chi connectivity index (χ1v) is 13.9. The first-order chi connectivity index (χ1) is 15.0. The summed E-state index contributed by atoms with van der Waals surface area (Å²) < 4.78 is 27.3. The summed E-state index contributed by atoms with van der Waals surface area (Å²) in [7, 11) is -6.10. The lowest BCUT2D eigenvalue weighted by molar-refractivity contribution is 0.126. The van der Waals surface area contributed by atoms with E-state index in [4.69, 9.17) is 0 Å². The third-order valence-electron chi connectivity index (χ3n) is 6.48. The van der Waals surface area contributed by atoms with Gasteiger partial charge in [0.25, 0.3) is 0 Å². The van der Waals surface area contributed by atoms with Crippen LogP contribution >= 0.6 is 0 Å². The molecule has 6 nitrogen and oxygen atoms in total. The maximum Gasteiger partial charge on any atom is 0.407 e. The fourth-order valence-electron chi connectivity index (χ4n) is 4.99. The Kier molecular flexibility index (Phi) is 6.85. The van der Waals surface area contributed by atoms with Crippen LogP contribution in [0.25, 0.3) is 0 Å². The van der Waals surface area contributed by atoms with Crippen molar-refractivity contribution in [2.24, 2.45) is 0 Å². The Bertz CT molecular complexity index is 1000. The standard InChI is InChI=1S/C24H32N2O4SSi/c1-23(2,3)32(20-12-7-5-8-13-20,21-14-9-6-10-15-21)26(31(29)30)19-17-24(4)16-11-18-25(24)22(27)28/h5-10,12-15,17,19,31H,11,16,18H2,1-4H3,(H,27,28)/b19-17+/t24-/m0/s1. The smallest absolute Gasteiger partial charge is 0.407 e. The molecule has 0 aliphatic carbocycles. The molecule has 1 amide bonds. The Morgan fingerprint density at radius 3 is 1.97 bits per heavy atom. The van der Waals surface area contributed by atoms with Crippen LogP contribution in [0, 0.1) is 0 Å². The van der Waals surface area contributed by atoms with E-state index in [0.29, 0.717) is 13.0 Å². The molecule has 172 valence electrons. The van der Waals surface area contributed by atoms with E-state index < -0.39 is 35.8 Å². The van der Waals surface area contributed by atoms with Crippen molar-refractivity contribution in [3.8, 4) is 0 Å². The molecule has 8 heteroatoms. The van der Waals surface area contributed by atoms with Crippen molar-refractivity contribution in [1.82, 2.24) is 8.87 Å². The van der Waals surface area contributed by atoms with Gasteiger partial charge in [-0.15, -0.1) is 0 Å². The molecule has 1 heterocycles. The molecule has 0 bridgehead atoms. The zero-order valence-corrected chi connectivity index (χ0v) is 21.0. The first-order valence-electron chi connectivity index (χ1n) is 10.8. The van der Waals surface area contributed by atoms with E-state index in [0.717, 1.165) is 16.8 Å². The minimum absolute atomic E-state index is 0.404. The van der Waals surface area contributed by atoms with Gasteiger partial charge in [0.2, 0.25) is 19.1 Å². The fraction of sp³-hybridized carbons (Fsp3) is 0.375. The van der Waals surface area contributed by atoms with Crippen molar-refractivity contribution in [2.75, 3.05) is 6.54 Å². The highest BCUT2D eigenvalue weighted by Crippen LogP contribution is 2.39. The molecule has 1 fully saturated rings. The number of carboxylic acid groups (broad SMARTS) is 1. The van der Waals surface area contributed by atoms with Gasteiger partial charge in [0.15, 0.2) is 0 Å². The van der Waals surface area contributed by atoms with Crippen molar-refractivity contribution >= 4 is 35.6 Å². The molecule has 0 spiro atoms. The molecule has 32 heavy (non-hydrogen) atoms. The topological polar surface area (TPSA) is 77.9 Å². The number of likely N-dealkylation sites (tertiary alicyclic amines) is 1. The van der Waals surface area contributed by atoms with Crippen molar-refractivity contribution < 1.29 is 18.3 Å². The third-order valence-corrected chi connectivity index (χ3v) is 13.7. The third kappa shape index (κ3) is 4.21. The van der Waals surface area contributed by atoms with Gasteiger partial charge in [-0.2, -0.15) is 0 Å². The Hall–Kier alpha value is -2.58. The van der Waals surface area contributed by atoms with Gasteiger partial charge in [-0.25, -0.2) is 13.2 Å². The molecular formula is C24H32N2O4SSi. The van der Waals surface area contributed by atoms with Crippen LogP contribution in [0.5, 0.6) is 0 Å². The Balaban J connectivity index is 2.27. The summed E-state index contributed by atoms with van der Waals surface area (Å²) in [5, 5.41) is 11.2. The Labute approximate surface area is 193 Å². The molecule has 3 rings (SSSR count). The van der Waals surface area contributed by atoms with Crippen LogP contribution in [0.15, 0.2) is 72.9 Å². The fourth-order valence-corrected chi connectivity index (χ4v) is 12.7. The van der Waals surface area contributed by atoms with Gasteiger partial charge >= 0.3 is 6.09 Å². The van der Waals surface area contributed by atoms with E-state index in [1.54, 1.807) is 12.3 Å². The summed E-state index contributed by atoms with van der Waals surface area (Å²) in [6.45, 7) is 8.55. The lowest BCUT2D eigenvalue weighted by atomic mass is 9.99. The molecule has 0 saturated carbocycles. The van der Waals surface area contributed by atoms with Gasteiger partial charge < -0.3 is 5.11 Å². The maximum atomic E-state index is 12.9. The van der Waals surface area contributed by atoms with Crippen LogP contribution in [-0.2, 0) is 10.9 Å². The average molecular weight is 473 g/mol. The van der Waals surface area contributed by atoms with E-state index in [9.17, 15) is 18.3 Å². The largest absolute Gasteiger partial charge is 0.465 e. The highest BCUT2D eigenvalue weighted by molar-refractivity contribution is 7.72. The molecule has 2 aromatic carbocycles. The maximum absolute atomic E-state index is 12.9. The van der Waals surface area contributed by atoms with Crippen LogP contribution in [-0.4, -0.2) is 48.8 Å². The number of hydrogen-bond donors (Lipinski definition) is 2. The van der Waals surface area contributed by atoms with Crippen molar-refractivity contribution in [2.45, 2.75) is 51.1 Å². The molecule has 1 aliphatic heterocycles. The van der Waals surface area contributed by atoms with Gasteiger partial charge in [-0.05, 0) is 41.3 Å². The number of nitrogens with zero attached hydrogens (tertiary/aromatic N) is 2. The van der Waals surface area contributed by atoms with Crippen LogP contribution in [0.1, 0.15) is 40.5 Å². The normalized spacial score (nSPS) is 19.6. The van der Waals surface area contributed by atoms with E-state index in [2.05, 4.69) is 20.8 Å². The first kappa shape index (κ1) is 24.1. The van der Waals surface area contributed by atoms with E-state index in [-0.39, 0.29) is 0 Å². The van der Waals surface area contributed by atoms with Crippen LogP contribution in [0.4, 0.5) is 4.79 Å². The monoisotopic (exact) mass is 472 g/mol. The highest BCUT2D eigenvalue weighted by Gasteiger charge is 2.54. The minimum Gasteiger partial charge on any atom is -0.465 e. The predicted octanol–water partition coefficient (Wildman–Crippen LogP) is 3.42. The second-order valence-corrected chi connectivity index (χ2v) is 15.3. The van der Waals surface area contributed by atoms with Gasteiger partial charge in [0.1, 0.15) is 0 Å². The summed E-state index contributed by atoms with van der Waals surface area (Å²) in [5.41, 5.74) is -0.749. The molecule has 1 aliphatic rings. The number of thiol groups is 1. The second kappa shape index (κ2) is 9.11. The average Bonchev–Trinajstić information content (AvgIpc) is 3.13. The summed E-state index contributed by atoms with van der Waals surface area (Å²) in [4.78, 5) is 13.2. The van der Waals surface area contributed by atoms with E-state index >= 15 is 0 Å². The predicted molar refractivity (Wildman–Crippen MR) is 131 cm³/mol. The molecule has 1 atom stereocenters. The van der Waals surface area contributed by atoms with Crippen molar-refractivity contribution in [3.63, 3.8) is 0 Å². The number of benzene rings is 2. The van der Waals surface area contributed by atoms with Crippen molar-refractivity contribution in [3.05, 3.63) is 72.9 Å².